The summed E-state index contributed by atoms with van der Waals surface area (Å²) in [6.45, 7) is 6.06. The zero-order chi connectivity index (χ0) is 17.8. The number of rotatable bonds is 5. The van der Waals surface area contributed by atoms with Crippen LogP contribution in [0.1, 0.15) is 35.8 Å². The number of carbonyl (C=O) groups is 1. The molecule has 0 spiro atoms. The Morgan fingerprint density at radius 1 is 1.36 bits per heavy atom. The highest BCUT2D eigenvalue weighted by atomic mass is 16.5. The minimum Gasteiger partial charge on any atom is -0.494 e. The highest BCUT2D eigenvalue weighted by molar-refractivity contribution is 5.92. The summed E-state index contributed by atoms with van der Waals surface area (Å²) >= 11 is 0. The molecule has 1 aliphatic rings. The quantitative estimate of drug-likeness (QED) is 0.838. The van der Waals surface area contributed by atoms with Crippen molar-refractivity contribution in [3.05, 3.63) is 41.7 Å². The van der Waals surface area contributed by atoms with Crippen LogP contribution >= 0.6 is 0 Å². The van der Waals surface area contributed by atoms with E-state index in [9.17, 15) is 4.79 Å². The summed E-state index contributed by atoms with van der Waals surface area (Å²) in [6, 6.07) is 7.64. The van der Waals surface area contributed by atoms with Crippen molar-refractivity contribution in [2.75, 3.05) is 26.8 Å². The molecule has 1 unspecified atom stereocenters. The van der Waals surface area contributed by atoms with E-state index in [4.69, 9.17) is 9.47 Å². The number of carbonyl (C=O) groups excluding carboxylic acids is 1. The van der Waals surface area contributed by atoms with E-state index in [1.165, 1.54) is 0 Å². The second-order valence-electron chi connectivity index (χ2n) is 6.29. The molecule has 1 atom stereocenters. The number of aryl methyl sites for hydroxylation is 1. The van der Waals surface area contributed by atoms with Crippen molar-refractivity contribution in [2.24, 2.45) is 0 Å². The van der Waals surface area contributed by atoms with Crippen LogP contribution in [-0.2, 0) is 4.74 Å². The molecule has 2 aromatic rings. The third kappa shape index (κ3) is 3.85. The zero-order valence-electron chi connectivity index (χ0n) is 15.1. The minimum absolute atomic E-state index is 0.0465. The van der Waals surface area contributed by atoms with E-state index in [1.54, 1.807) is 24.1 Å². The molecule has 0 N–H and O–H groups in total. The van der Waals surface area contributed by atoms with E-state index in [0.29, 0.717) is 18.8 Å². The summed E-state index contributed by atoms with van der Waals surface area (Å²) < 4.78 is 12.8. The maximum absolute atomic E-state index is 12.8. The van der Waals surface area contributed by atoms with Gasteiger partial charge in [-0.1, -0.05) is 6.07 Å². The van der Waals surface area contributed by atoms with Gasteiger partial charge in [0.25, 0.3) is 5.91 Å². The number of methoxy groups -OCH3 is 1. The van der Waals surface area contributed by atoms with Crippen LogP contribution in [0.5, 0.6) is 5.75 Å². The number of piperidine rings is 1. The lowest BCUT2D eigenvalue weighted by atomic mass is 10.1. The topological polar surface area (TPSA) is 56.6 Å². The van der Waals surface area contributed by atoms with Gasteiger partial charge in [0.05, 0.1) is 13.2 Å². The highest BCUT2D eigenvalue weighted by Crippen LogP contribution is 2.24. The van der Waals surface area contributed by atoms with Crippen molar-refractivity contribution in [3.8, 4) is 11.4 Å². The van der Waals surface area contributed by atoms with Crippen LogP contribution in [-0.4, -0.2) is 53.5 Å². The van der Waals surface area contributed by atoms with Crippen LogP contribution in [0.2, 0.25) is 0 Å². The summed E-state index contributed by atoms with van der Waals surface area (Å²) in [5.74, 6) is 0.678. The molecule has 0 aliphatic carbocycles. The summed E-state index contributed by atoms with van der Waals surface area (Å²) in [6.07, 6.45) is 3.89. The summed E-state index contributed by atoms with van der Waals surface area (Å²) in [5, 5.41) is 4.48. The summed E-state index contributed by atoms with van der Waals surface area (Å²) in [7, 11) is 1.63. The molecule has 6 nitrogen and oxygen atoms in total. The summed E-state index contributed by atoms with van der Waals surface area (Å²) in [4.78, 5) is 14.6. The van der Waals surface area contributed by atoms with Gasteiger partial charge in [0.2, 0.25) is 0 Å². The fraction of sp³-hybridized carbons (Fsp3) is 0.474. The van der Waals surface area contributed by atoms with E-state index < -0.39 is 0 Å². The maximum atomic E-state index is 12.8. The molecule has 0 bridgehead atoms. The van der Waals surface area contributed by atoms with Gasteiger partial charge in [0, 0.05) is 25.9 Å². The Morgan fingerprint density at radius 2 is 2.20 bits per heavy atom. The summed E-state index contributed by atoms with van der Waals surface area (Å²) in [5.41, 5.74) is 2.38. The van der Waals surface area contributed by atoms with Gasteiger partial charge in [-0.15, -0.1) is 0 Å². The lowest BCUT2D eigenvalue weighted by molar-refractivity contribution is 0.00702. The van der Waals surface area contributed by atoms with Gasteiger partial charge in [0.15, 0.2) is 5.69 Å². The number of hydrogen-bond acceptors (Lipinski definition) is 4. The maximum Gasteiger partial charge on any atom is 0.274 e. The number of hydrogen-bond donors (Lipinski definition) is 0. The van der Waals surface area contributed by atoms with Crippen LogP contribution < -0.4 is 4.74 Å². The molecule has 1 aromatic carbocycles. The van der Waals surface area contributed by atoms with Crippen molar-refractivity contribution in [1.29, 1.82) is 0 Å². The fourth-order valence-corrected chi connectivity index (χ4v) is 3.21. The molecule has 2 heterocycles. The van der Waals surface area contributed by atoms with Gasteiger partial charge in [-0.25, -0.2) is 4.68 Å². The number of ether oxygens (including phenoxy) is 2. The van der Waals surface area contributed by atoms with Gasteiger partial charge < -0.3 is 14.4 Å². The number of aromatic nitrogens is 2. The third-order valence-electron chi connectivity index (χ3n) is 4.46. The fourth-order valence-electron chi connectivity index (χ4n) is 3.21. The normalized spacial score (nSPS) is 17.6. The smallest absolute Gasteiger partial charge is 0.274 e. The van der Waals surface area contributed by atoms with Crippen LogP contribution in [0.3, 0.4) is 0 Å². The van der Waals surface area contributed by atoms with Crippen molar-refractivity contribution in [3.63, 3.8) is 0 Å². The average Bonchev–Trinajstić information content (AvgIpc) is 3.11. The van der Waals surface area contributed by atoms with Crippen LogP contribution in [0.4, 0.5) is 0 Å². The van der Waals surface area contributed by atoms with Crippen molar-refractivity contribution in [2.45, 2.75) is 32.8 Å². The monoisotopic (exact) mass is 343 g/mol. The first kappa shape index (κ1) is 17.5. The molecule has 0 radical (unpaired) electrons. The molecular weight excluding hydrogens is 318 g/mol. The molecule has 134 valence electrons. The van der Waals surface area contributed by atoms with E-state index in [0.717, 1.165) is 36.4 Å². The van der Waals surface area contributed by atoms with Crippen molar-refractivity contribution >= 4 is 5.91 Å². The molecule has 1 aliphatic heterocycles. The van der Waals surface area contributed by atoms with Gasteiger partial charge in [-0.3, -0.25) is 4.79 Å². The molecule has 3 rings (SSSR count). The van der Waals surface area contributed by atoms with E-state index in [1.807, 2.05) is 36.9 Å². The average molecular weight is 343 g/mol. The molecule has 0 saturated carbocycles. The van der Waals surface area contributed by atoms with Gasteiger partial charge in [0.1, 0.15) is 11.4 Å². The lowest BCUT2D eigenvalue weighted by Crippen LogP contribution is -2.43. The van der Waals surface area contributed by atoms with Crippen molar-refractivity contribution in [1.82, 2.24) is 14.7 Å². The SMILES string of the molecule is CCOC1CCCN(C(=O)c2ccn(-c3cc(C)ccc3OC)n2)C1. The Hall–Kier alpha value is -2.34. The van der Waals surface area contributed by atoms with Crippen molar-refractivity contribution < 1.29 is 14.3 Å². The Kier molecular flexibility index (Phi) is 5.38. The van der Waals surface area contributed by atoms with Crippen LogP contribution in [0, 0.1) is 6.92 Å². The number of amides is 1. The Labute approximate surface area is 148 Å². The van der Waals surface area contributed by atoms with Crippen LogP contribution in [0.25, 0.3) is 5.69 Å². The number of nitrogens with zero attached hydrogens (tertiary/aromatic N) is 3. The first-order valence-corrected chi connectivity index (χ1v) is 8.74. The molecule has 1 fully saturated rings. The number of likely N-dealkylation sites (tertiary alicyclic amines) is 1. The van der Waals surface area contributed by atoms with Gasteiger partial charge in [-0.2, -0.15) is 5.10 Å². The third-order valence-corrected chi connectivity index (χ3v) is 4.46. The minimum atomic E-state index is -0.0465. The van der Waals surface area contributed by atoms with Gasteiger partial charge >= 0.3 is 0 Å². The Balaban J connectivity index is 1.79. The highest BCUT2D eigenvalue weighted by Gasteiger charge is 2.26. The van der Waals surface area contributed by atoms with E-state index in [2.05, 4.69) is 5.10 Å². The zero-order valence-corrected chi connectivity index (χ0v) is 15.1. The second kappa shape index (κ2) is 7.70. The molecule has 25 heavy (non-hydrogen) atoms. The van der Waals surface area contributed by atoms with E-state index in [-0.39, 0.29) is 12.0 Å². The first-order valence-electron chi connectivity index (χ1n) is 8.74. The largest absolute Gasteiger partial charge is 0.494 e. The molecule has 1 aromatic heterocycles. The standard InChI is InChI=1S/C19H25N3O3/c1-4-25-15-6-5-10-21(13-15)19(23)16-9-11-22(20-16)17-12-14(2)7-8-18(17)24-3/h7-9,11-12,15H,4-6,10,13H2,1-3H3. The number of benzene rings is 1. The second-order valence-corrected chi connectivity index (χ2v) is 6.29. The molecular formula is C19H25N3O3. The van der Waals surface area contributed by atoms with Crippen LogP contribution in [0.15, 0.2) is 30.5 Å². The predicted octanol–water partition coefficient (Wildman–Crippen LogP) is 2.83. The predicted molar refractivity (Wildman–Crippen MR) is 95.4 cm³/mol. The molecule has 1 amide bonds. The van der Waals surface area contributed by atoms with Gasteiger partial charge in [-0.05, 0) is 50.5 Å². The van der Waals surface area contributed by atoms with E-state index >= 15 is 0 Å². The molecule has 6 heteroatoms. The lowest BCUT2D eigenvalue weighted by Gasteiger charge is -2.32. The Bertz CT molecular complexity index is 739. The molecule has 1 saturated heterocycles. The Morgan fingerprint density at radius 3 is 2.96 bits per heavy atom. The first-order chi connectivity index (χ1) is 12.1.